The highest BCUT2D eigenvalue weighted by molar-refractivity contribution is 5.88. The van der Waals surface area contributed by atoms with Gasteiger partial charge in [-0.15, -0.1) is 5.10 Å². The van der Waals surface area contributed by atoms with Gasteiger partial charge < -0.3 is 30.9 Å². The number of carbonyl (C=O) groups excluding carboxylic acids is 1. The maximum Gasteiger partial charge on any atom is 0.303 e. The number of hydrogen-bond donors (Lipinski definition) is 5. The van der Waals surface area contributed by atoms with E-state index in [0.29, 0.717) is 6.42 Å². The molecule has 0 spiro atoms. The van der Waals surface area contributed by atoms with Crippen LogP contribution in [0.3, 0.4) is 0 Å². The molecule has 37 heavy (non-hydrogen) atoms. The van der Waals surface area contributed by atoms with Gasteiger partial charge in [-0.25, -0.2) is 9.67 Å². The highest BCUT2D eigenvalue weighted by atomic mass is 16.6. The number of aliphatic hydroxyl groups excluding tert-OH is 3. The predicted molar refractivity (Wildman–Crippen MR) is 139 cm³/mol. The molecule has 0 bridgehead atoms. The molecule has 1 fully saturated rings. The van der Waals surface area contributed by atoms with Gasteiger partial charge in [-0.3, -0.25) is 9.59 Å². The quantitative estimate of drug-likeness (QED) is 0.142. The van der Waals surface area contributed by atoms with Crippen LogP contribution < -0.4 is 5.73 Å². The molecule has 11 nitrogen and oxygen atoms in total. The van der Waals surface area contributed by atoms with E-state index in [9.17, 15) is 19.8 Å². The van der Waals surface area contributed by atoms with Crippen LogP contribution in [0.1, 0.15) is 114 Å². The van der Waals surface area contributed by atoms with Crippen LogP contribution in [0, 0.1) is 0 Å². The van der Waals surface area contributed by atoms with E-state index < -0.39 is 43.0 Å². The lowest BCUT2D eigenvalue weighted by atomic mass is 10.1. The summed E-state index contributed by atoms with van der Waals surface area (Å²) in [7, 11) is 0. The summed E-state index contributed by atoms with van der Waals surface area (Å²) < 4.78 is 6.25. The molecular formula is C26H46N4O7. The molecule has 1 aliphatic heterocycles. The van der Waals surface area contributed by atoms with Crippen LogP contribution in [0.5, 0.6) is 0 Å². The van der Waals surface area contributed by atoms with Crippen LogP contribution in [0.2, 0.25) is 0 Å². The molecule has 0 saturated carbocycles. The normalized spacial score (nSPS) is 21.2. The molecule has 1 aromatic rings. The number of nitrogens with two attached hydrogens (primary N) is 1. The van der Waals surface area contributed by atoms with E-state index in [-0.39, 0.29) is 5.82 Å². The highest BCUT2D eigenvalue weighted by Crippen LogP contribution is 2.28. The van der Waals surface area contributed by atoms with Gasteiger partial charge in [-0.1, -0.05) is 70.4 Å². The first-order valence-corrected chi connectivity index (χ1v) is 13.5. The Hall–Kier alpha value is -2.34. The number of rotatable bonds is 18. The zero-order valence-electron chi connectivity index (χ0n) is 22.1. The van der Waals surface area contributed by atoms with Crippen molar-refractivity contribution in [2.75, 3.05) is 6.61 Å². The molecule has 2 heterocycles. The molecule has 0 radical (unpaired) electrons. The molecular weight excluding hydrogens is 480 g/mol. The molecule has 0 aliphatic carbocycles. The summed E-state index contributed by atoms with van der Waals surface area (Å²) in [6, 6.07) is 0. The van der Waals surface area contributed by atoms with Crippen molar-refractivity contribution in [2.45, 2.75) is 121 Å². The average Bonchev–Trinajstić information content (AvgIpc) is 3.47. The molecule has 2 rings (SSSR count). The second kappa shape index (κ2) is 19.7. The van der Waals surface area contributed by atoms with E-state index in [1.165, 1.54) is 70.6 Å². The van der Waals surface area contributed by atoms with Crippen LogP contribution in [-0.2, 0) is 9.53 Å². The van der Waals surface area contributed by atoms with Gasteiger partial charge in [0.2, 0.25) is 5.82 Å². The molecule has 4 atom stereocenters. The third-order valence-corrected chi connectivity index (χ3v) is 6.16. The van der Waals surface area contributed by atoms with E-state index in [4.69, 9.17) is 20.7 Å². The molecule has 212 valence electrons. The Morgan fingerprint density at radius 2 is 1.54 bits per heavy atom. The van der Waals surface area contributed by atoms with Gasteiger partial charge >= 0.3 is 5.97 Å². The second-order valence-corrected chi connectivity index (χ2v) is 9.37. The summed E-state index contributed by atoms with van der Waals surface area (Å²) in [5, 5.41) is 40.3. The average molecular weight is 527 g/mol. The van der Waals surface area contributed by atoms with Crippen LogP contribution >= 0.6 is 0 Å². The van der Waals surface area contributed by atoms with Gasteiger partial charge in [0.15, 0.2) is 6.23 Å². The van der Waals surface area contributed by atoms with Gasteiger partial charge in [-0.2, -0.15) is 0 Å². The number of carboxylic acids is 1. The van der Waals surface area contributed by atoms with Crippen LogP contribution in [0.25, 0.3) is 0 Å². The van der Waals surface area contributed by atoms with Crippen molar-refractivity contribution >= 4 is 11.9 Å². The van der Waals surface area contributed by atoms with Crippen LogP contribution in [0.4, 0.5) is 0 Å². The molecule has 0 aromatic carbocycles. The first-order chi connectivity index (χ1) is 17.8. The summed E-state index contributed by atoms with van der Waals surface area (Å²) in [6.45, 7) is 1.82. The van der Waals surface area contributed by atoms with Crippen LogP contribution in [-0.4, -0.2) is 72.0 Å². The topological polar surface area (TPSA) is 181 Å². The van der Waals surface area contributed by atoms with Gasteiger partial charge in [0.25, 0.3) is 5.91 Å². The van der Waals surface area contributed by atoms with E-state index >= 15 is 0 Å². The predicted octanol–water partition coefficient (Wildman–Crippen LogP) is 3.10. The summed E-state index contributed by atoms with van der Waals surface area (Å²) in [5.41, 5.74) is 4.97. The first kappa shape index (κ1) is 32.7. The highest BCUT2D eigenvalue weighted by Gasteiger charge is 2.44. The maximum absolute atomic E-state index is 10.8. The zero-order valence-corrected chi connectivity index (χ0v) is 22.1. The Kier molecular flexibility index (Phi) is 17.4. The number of amides is 1. The Labute approximate surface area is 219 Å². The van der Waals surface area contributed by atoms with Crippen molar-refractivity contribution in [3.05, 3.63) is 24.3 Å². The van der Waals surface area contributed by atoms with E-state index in [2.05, 4.69) is 29.2 Å². The van der Waals surface area contributed by atoms with Crippen molar-refractivity contribution in [2.24, 2.45) is 5.73 Å². The fourth-order valence-corrected chi connectivity index (χ4v) is 3.96. The molecule has 11 heteroatoms. The maximum atomic E-state index is 10.8. The first-order valence-electron chi connectivity index (χ1n) is 13.5. The number of carboxylic acid groups (broad SMARTS) is 1. The Morgan fingerprint density at radius 3 is 2.03 bits per heavy atom. The number of allylic oxidation sites excluding steroid dienone is 2. The standard InChI is InChI=1S/C18H34O2.C8H12N4O5/c1-2-3-4-5-6-7-8-9-10-11-12-13-14-15-16-17-18(19)20;9-6(16)7-10-2-12(11-7)8-5(15)4(14)3(1-13)17-8/h9-10H,2-8,11-17H2,1H3,(H,19,20);2-5,8,13-15H,1H2,(H2,9,16)/b10-9-;/t;3-,4-,5-,8-/m.1/s1. The zero-order chi connectivity index (χ0) is 27.5. The van der Waals surface area contributed by atoms with E-state index in [0.717, 1.165) is 23.9 Å². The number of carbonyl (C=O) groups is 2. The summed E-state index contributed by atoms with van der Waals surface area (Å²) in [6.07, 6.45) is 18.0. The number of ether oxygens (including phenoxy) is 1. The lowest BCUT2D eigenvalue weighted by Gasteiger charge is -2.13. The summed E-state index contributed by atoms with van der Waals surface area (Å²) in [5.74, 6) is -1.69. The Balaban J connectivity index is 0.000000373. The molecule has 1 saturated heterocycles. The van der Waals surface area contributed by atoms with Crippen molar-refractivity contribution in [1.29, 1.82) is 0 Å². The monoisotopic (exact) mass is 526 g/mol. The number of aliphatic carboxylic acids is 1. The van der Waals surface area contributed by atoms with Crippen molar-refractivity contribution in [3.63, 3.8) is 0 Å². The number of nitrogens with zero attached hydrogens (tertiary/aromatic N) is 3. The smallest absolute Gasteiger partial charge is 0.303 e. The molecule has 0 unspecified atom stereocenters. The van der Waals surface area contributed by atoms with Gasteiger partial charge in [0, 0.05) is 6.42 Å². The molecule has 6 N–H and O–H groups in total. The lowest BCUT2D eigenvalue weighted by molar-refractivity contribution is -0.137. The third-order valence-electron chi connectivity index (χ3n) is 6.16. The van der Waals surface area contributed by atoms with Crippen LogP contribution in [0.15, 0.2) is 18.5 Å². The Bertz CT molecular complexity index is 787. The van der Waals surface area contributed by atoms with Gasteiger partial charge in [0.1, 0.15) is 24.6 Å². The van der Waals surface area contributed by atoms with E-state index in [1.807, 2.05) is 0 Å². The Morgan fingerprint density at radius 1 is 0.973 bits per heavy atom. The molecule has 1 aliphatic rings. The number of primary amides is 1. The second-order valence-electron chi connectivity index (χ2n) is 9.37. The van der Waals surface area contributed by atoms with E-state index in [1.54, 1.807) is 0 Å². The summed E-state index contributed by atoms with van der Waals surface area (Å²) >= 11 is 0. The number of aromatic nitrogens is 3. The number of aliphatic hydroxyl groups is 3. The fourth-order valence-electron chi connectivity index (χ4n) is 3.96. The SMILES string of the molecule is CCCCCCCC/C=C\CCCCCCCC(=O)O.NC(=O)c1ncn([C@@H]2O[C@H](CO)[C@@H](O)[C@H]2O)n1. The molecule has 1 aromatic heterocycles. The third kappa shape index (κ3) is 13.7. The van der Waals surface area contributed by atoms with Crippen molar-refractivity contribution < 1.29 is 34.8 Å². The lowest BCUT2D eigenvalue weighted by Crippen LogP contribution is -2.33. The number of hydrogen-bond acceptors (Lipinski definition) is 8. The molecule has 1 amide bonds. The van der Waals surface area contributed by atoms with Gasteiger partial charge in [-0.05, 0) is 32.1 Å². The van der Waals surface area contributed by atoms with Gasteiger partial charge in [0.05, 0.1) is 6.61 Å². The minimum absolute atomic E-state index is 0.220. The number of unbranched alkanes of at least 4 members (excludes halogenated alkanes) is 11. The largest absolute Gasteiger partial charge is 0.481 e. The van der Waals surface area contributed by atoms with Crippen molar-refractivity contribution in [1.82, 2.24) is 14.8 Å². The fraction of sp³-hybridized carbons (Fsp3) is 0.769. The van der Waals surface area contributed by atoms with Crippen molar-refractivity contribution in [3.8, 4) is 0 Å². The summed E-state index contributed by atoms with van der Waals surface area (Å²) in [4.78, 5) is 24.7. The minimum atomic E-state index is -1.27. The minimum Gasteiger partial charge on any atom is -0.481 e.